The highest BCUT2D eigenvalue weighted by atomic mass is 32.2. The molecule has 4 aromatic carbocycles. The molecule has 0 unspecified atom stereocenters. The fraction of sp³-hybridized carbons (Fsp3) is 0.158. The van der Waals surface area contributed by atoms with Crippen LogP contribution in [0.4, 0.5) is 11.4 Å². The number of ether oxygens (including phenoxy) is 2. The zero-order valence-corrected chi connectivity index (χ0v) is 31.6. The number of hydrogen-bond acceptors (Lipinski definition) is 10. The van der Waals surface area contributed by atoms with E-state index in [9.17, 15) is 26.4 Å². The van der Waals surface area contributed by atoms with E-state index in [2.05, 4.69) is 9.44 Å². The van der Waals surface area contributed by atoms with E-state index in [0.717, 1.165) is 10.8 Å². The van der Waals surface area contributed by atoms with Crippen LogP contribution < -0.4 is 30.0 Å². The molecule has 0 saturated carbocycles. The highest BCUT2D eigenvalue weighted by Gasteiger charge is 2.22. The molecule has 2 heterocycles. The minimum Gasteiger partial charge on any atom is -0.495 e. The quantitative estimate of drug-likeness (QED) is 0.211. The van der Waals surface area contributed by atoms with E-state index in [-0.39, 0.29) is 32.4 Å². The van der Waals surface area contributed by atoms with Crippen molar-refractivity contribution in [1.82, 2.24) is 9.13 Å². The number of fused-ring (bicyclic) bond motifs is 2. The number of nitrogens with zero attached hydrogens (tertiary/aromatic N) is 4. The summed E-state index contributed by atoms with van der Waals surface area (Å²) in [6.45, 7) is 3.42. The molecule has 0 spiro atoms. The predicted octanol–water partition coefficient (Wildman–Crippen LogP) is 5.06. The van der Waals surface area contributed by atoms with Gasteiger partial charge in [0.15, 0.2) is 0 Å². The Morgan fingerprint density at radius 2 is 0.944 bits per heavy atom. The largest absolute Gasteiger partial charge is 0.495 e. The van der Waals surface area contributed by atoms with Crippen molar-refractivity contribution >= 4 is 53.2 Å². The maximum absolute atomic E-state index is 12.8. The molecule has 0 atom stereocenters. The number of pyridine rings is 2. The Morgan fingerprint density at radius 3 is 1.28 bits per heavy atom. The van der Waals surface area contributed by atoms with Crippen LogP contribution in [-0.4, -0.2) is 40.2 Å². The summed E-state index contributed by atoms with van der Waals surface area (Å²) in [7, 11) is -1.84. The van der Waals surface area contributed by atoms with Crippen LogP contribution in [0.25, 0.3) is 21.8 Å². The van der Waals surface area contributed by atoms with E-state index >= 15 is 0 Å². The molecule has 2 N–H and O–H groups in total. The second-order valence-electron chi connectivity index (χ2n) is 12.1. The second kappa shape index (κ2) is 15.2. The van der Waals surface area contributed by atoms with Gasteiger partial charge in [0.1, 0.15) is 21.3 Å². The molecule has 0 aliphatic heterocycles. The third kappa shape index (κ3) is 7.75. The molecule has 276 valence electrons. The Bertz CT molecular complexity index is 2710. The zero-order valence-electron chi connectivity index (χ0n) is 30.0. The van der Waals surface area contributed by atoms with Gasteiger partial charge in [0.05, 0.1) is 48.5 Å². The molecule has 6 aromatic rings. The fourth-order valence-electron chi connectivity index (χ4n) is 5.75. The number of hydrogen-bond donors (Lipinski definition) is 2. The first-order chi connectivity index (χ1) is 25.5. The Morgan fingerprint density at radius 1 is 0.574 bits per heavy atom. The predicted molar refractivity (Wildman–Crippen MR) is 205 cm³/mol. The number of aryl methyl sites for hydroxylation is 4. The summed E-state index contributed by atoms with van der Waals surface area (Å²) < 4.78 is 69.4. The number of anilines is 2. The Hall–Kier alpha value is -6.62. The van der Waals surface area contributed by atoms with E-state index in [1.807, 2.05) is 12.1 Å². The standard InChI is InChI=1S/2C19H17N3O4S/c2*1-12-8-14-10-15(5-6-16(14)22(2)19(12)23)21-27(24,25)18-7-4-13(11-20)9-17(18)26-3/h2*4-10,21H,1-3H3. The SMILES string of the molecule is COc1cc(C#N)ccc1S(=O)(=O)Nc1ccc2c(c1)cc(C)c(=O)n2C.COc1cc(C#N)ccc1S(=O)(=O)Nc1ccc2c(c1)cc(C)c(=O)n2C. The summed E-state index contributed by atoms with van der Waals surface area (Å²) in [6.07, 6.45) is 0. The average Bonchev–Trinajstić information content (AvgIpc) is 3.15. The molecule has 6 rings (SSSR count). The van der Waals surface area contributed by atoms with Crippen LogP contribution in [0.5, 0.6) is 11.5 Å². The van der Waals surface area contributed by atoms with Gasteiger partial charge in [0.25, 0.3) is 31.2 Å². The van der Waals surface area contributed by atoms with Crippen LogP contribution >= 0.6 is 0 Å². The molecule has 0 bridgehead atoms. The third-order valence-electron chi connectivity index (χ3n) is 8.47. The van der Waals surface area contributed by atoms with Gasteiger partial charge in [-0.1, -0.05) is 0 Å². The summed E-state index contributed by atoms with van der Waals surface area (Å²) >= 11 is 0. The van der Waals surface area contributed by atoms with Crippen LogP contribution in [0.15, 0.2) is 104 Å². The first-order valence-corrected chi connectivity index (χ1v) is 18.9. The Kier molecular flexibility index (Phi) is 10.8. The maximum Gasteiger partial charge on any atom is 0.265 e. The van der Waals surface area contributed by atoms with Crippen molar-refractivity contribution in [2.45, 2.75) is 23.6 Å². The number of nitrogens with one attached hydrogen (secondary N) is 2. The summed E-state index contributed by atoms with van der Waals surface area (Å²) in [5.41, 5.74) is 3.64. The molecule has 0 radical (unpaired) electrons. The Balaban J connectivity index is 0.000000208. The van der Waals surface area contributed by atoms with Crippen molar-refractivity contribution in [2.75, 3.05) is 23.7 Å². The van der Waals surface area contributed by atoms with Crippen LogP contribution in [-0.2, 0) is 34.1 Å². The minimum atomic E-state index is -3.93. The van der Waals surface area contributed by atoms with Crippen molar-refractivity contribution < 1.29 is 26.3 Å². The van der Waals surface area contributed by atoms with Crippen molar-refractivity contribution in [3.05, 3.63) is 128 Å². The van der Waals surface area contributed by atoms with E-state index in [4.69, 9.17) is 20.0 Å². The zero-order chi connectivity index (χ0) is 39.5. The van der Waals surface area contributed by atoms with Gasteiger partial charge in [-0.15, -0.1) is 0 Å². The summed E-state index contributed by atoms with van der Waals surface area (Å²) in [4.78, 5) is 23.9. The van der Waals surface area contributed by atoms with Crippen molar-refractivity contribution in [2.24, 2.45) is 14.1 Å². The molecule has 0 aliphatic rings. The molecule has 0 saturated heterocycles. The van der Waals surface area contributed by atoms with E-state index < -0.39 is 20.0 Å². The van der Waals surface area contributed by atoms with E-state index in [1.165, 1.54) is 59.8 Å². The highest BCUT2D eigenvalue weighted by molar-refractivity contribution is 7.93. The van der Waals surface area contributed by atoms with Gasteiger partial charge in [0.2, 0.25) is 0 Å². The highest BCUT2D eigenvalue weighted by Crippen LogP contribution is 2.29. The van der Waals surface area contributed by atoms with Crippen LogP contribution in [0.1, 0.15) is 22.3 Å². The number of benzene rings is 4. The first-order valence-electron chi connectivity index (χ1n) is 16.0. The summed E-state index contributed by atoms with van der Waals surface area (Å²) in [5, 5.41) is 19.4. The lowest BCUT2D eigenvalue weighted by Gasteiger charge is -2.13. The molecule has 0 amide bonds. The van der Waals surface area contributed by atoms with Crippen molar-refractivity contribution in [3.63, 3.8) is 0 Å². The second-order valence-corrected chi connectivity index (χ2v) is 15.4. The number of aromatic nitrogens is 2. The van der Waals surface area contributed by atoms with Gasteiger partial charge in [-0.05, 0) is 98.8 Å². The van der Waals surface area contributed by atoms with Crippen LogP contribution in [0, 0.1) is 36.5 Å². The number of nitriles is 2. The van der Waals surface area contributed by atoms with Gasteiger partial charge in [-0.3, -0.25) is 19.0 Å². The third-order valence-corrected chi connectivity index (χ3v) is 11.3. The molecule has 54 heavy (non-hydrogen) atoms. The van der Waals surface area contributed by atoms with Crippen LogP contribution in [0.3, 0.4) is 0 Å². The van der Waals surface area contributed by atoms with Gasteiger partial charge in [-0.2, -0.15) is 10.5 Å². The number of sulfonamides is 2. The Labute approximate surface area is 311 Å². The van der Waals surface area contributed by atoms with Gasteiger partial charge < -0.3 is 18.6 Å². The van der Waals surface area contributed by atoms with Crippen molar-refractivity contribution in [1.29, 1.82) is 10.5 Å². The van der Waals surface area contributed by atoms with E-state index in [1.54, 1.807) is 76.5 Å². The minimum absolute atomic E-state index is 0.0688. The first kappa shape index (κ1) is 38.6. The fourth-order valence-corrected chi connectivity index (χ4v) is 8.16. The molecular formula is C38H34N6O8S2. The molecule has 16 heteroatoms. The van der Waals surface area contributed by atoms with Gasteiger partial charge in [-0.25, -0.2) is 16.8 Å². The van der Waals surface area contributed by atoms with Gasteiger partial charge >= 0.3 is 0 Å². The normalized spacial score (nSPS) is 11.2. The summed E-state index contributed by atoms with van der Waals surface area (Å²) in [5.74, 6) is 0.168. The van der Waals surface area contributed by atoms with Gasteiger partial charge in [0, 0.05) is 47.4 Å². The molecule has 0 aliphatic carbocycles. The number of rotatable bonds is 8. The lowest BCUT2D eigenvalue weighted by molar-refractivity contribution is 0.402. The monoisotopic (exact) mass is 766 g/mol. The van der Waals surface area contributed by atoms with Crippen LogP contribution in [0.2, 0.25) is 0 Å². The average molecular weight is 767 g/mol. The van der Waals surface area contributed by atoms with E-state index in [0.29, 0.717) is 44.7 Å². The lowest BCUT2D eigenvalue weighted by atomic mass is 10.1. The molecular weight excluding hydrogens is 733 g/mol. The molecule has 14 nitrogen and oxygen atoms in total. The molecule has 0 fully saturated rings. The summed E-state index contributed by atoms with van der Waals surface area (Å²) in [6, 6.07) is 25.4. The topological polar surface area (TPSA) is 202 Å². The smallest absolute Gasteiger partial charge is 0.265 e. The maximum atomic E-state index is 12.8. The van der Waals surface area contributed by atoms with Crippen molar-refractivity contribution in [3.8, 4) is 23.6 Å². The number of methoxy groups -OCH3 is 2. The lowest BCUT2D eigenvalue weighted by Crippen LogP contribution is -2.19. The molecule has 2 aromatic heterocycles.